The van der Waals surface area contributed by atoms with Gasteiger partial charge in [0, 0.05) is 18.3 Å². The fourth-order valence-corrected chi connectivity index (χ4v) is 2.91. The third-order valence-electron chi connectivity index (χ3n) is 4.26. The van der Waals surface area contributed by atoms with Gasteiger partial charge in [-0.05, 0) is 70.6 Å². The van der Waals surface area contributed by atoms with E-state index < -0.39 is 11.7 Å². The summed E-state index contributed by atoms with van der Waals surface area (Å²) in [5.41, 5.74) is -0.340. The molecule has 1 saturated heterocycles. The van der Waals surface area contributed by atoms with Crippen molar-refractivity contribution >= 4 is 11.7 Å². The zero-order valence-corrected chi connectivity index (χ0v) is 14.1. The van der Waals surface area contributed by atoms with Crippen LogP contribution in [0.5, 0.6) is 0 Å². The Balaban J connectivity index is 1.99. The quantitative estimate of drug-likeness (QED) is 0.895. The summed E-state index contributed by atoms with van der Waals surface area (Å²) in [7, 11) is 3.99. The Hall–Kier alpha value is -1.76. The SMILES string of the molecule is CN(C)CC[C@@H]1CCCCN1C(=O)Nc1ccc(C(F)(F)F)cc1. The second-order valence-corrected chi connectivity index (χ2v) is 6.44. The van der Waals surface area contributed by atoms with E-state index in [1.807, 2.05) is 19.0 Å². The standard InChI is InChI=1S/C17H24F3N3O/c1-22(2)12-10-15-5-3-4-11-23(15)16(24)21-14-8-6-13(7-9-14)17(18,19)20/h6-9,15H,3-5,10-12H2,1-2H3,(H,21,24)/t15-/m0/s1. The highest BCUT2D eigenvalue weighted by Gasteiger charge is 2.30. The van der Waals surface area contributed by atoms with Crippen LogP contribution in [-0.2, 0) is 6.18 Å². The van der Waals surface area contributed by atoms with Crippen molar-refractivity contribution in [1.82, 2.24) is 9.80 Å². The molecule has 7 heteroatoms. The van der Waals surface area contributed by atoms with Gasteiger partial charge >= 0.3 is 12.2 Å². The monoisotopic (exact) mass is 343 g/mol. The van der Waals surface area contributed by atoms with Crippen molar-refractivity contribution in [2.75, 3.05) is 32.5 Å². The summed E-state index contributed by atoms with van der Waals surface area (Å²) in [5.74, 6) is 0. The Kier molecular flexibility index (Phi) is 6.10. The van der Waals surface area contributed by atoms with Gasteiger partial charge in [-0.1, -0.05) is 0 Å². The average Bonchev–Trinajstić information content (AvgIpc) is 2.52. The number of anilines is 1. The minimum absolute atomic E-state index is 0.176. The number of likely N-dealkylation sites (tertiary alicyclic amines) is 1. The fourth-order valence-electron chi connectivity index (χ4n) is 2.91. The molecule has 1 aliphatic rings. The van der Waals surface area contributed by atoms with Crippen LogP contribution in [0.2, 0.25) is 0 Å². The number of amides is 2. The molecule has 1 heterocycles. The van der Waals surface area contributed by atoms with Gasteiger partial charge in [-0.3, -0.25) is 0 Å². The molecule has 0 aromatic heterocycles. The lowest BCUT2D eigenvalue weighted by Gasteiger charge is -2.36. The Morgan fingerprint density at radius 1 is 1.25 bits per heavy atom. The Labute approximate surface area is 140 Å². The molecule has 2 rings (SSSR count). The van der Waals surface area contributed by atoms with E-state index in [0.717, 1.165) is 44.4 Å². The molecule has 0 spiro atoms. The maximum absolute atomic E-state index is 12.6. The molecule has 0 saturated carbocycles. The van der Waals surface area contributed by atoms with Crippen molar-refractivity contribution in [3.8, 4) is 0 Å². The molecule has 24 heavy (non-hydrogen) atoms. The first kappa shape index (κ1) is 18.6. The summed E-state index contributed by atoms with van der Waals surface area (Å²) in [5, 5.41) is 2.71. The highest BCUT2D eigenvalue weighted by atomic mass is 19.4. The lowest BCUT2D eigenvalue weighted by Crippen LogP contribution is -2.46. The highest BCUT2D eigenvalue weighted by Crippen LogP contribution is 2.30. The molecule has 1 N–H and O–H groups in total. The number of alkyl halides is 3. The normalized spacial score (nSPS) is 18.8. The van der Waals surface area contributed by atoms with Gasteiger partial charge in [0.1, 0.15) is 0 Å². The van der Waals surface area contributed by atoms with Gasteiger partial charge in [-0.25, -0.2) is 4.79 Å². The summed E-state index contributed by atoms with van der Waals surface area (Å²) < 4.78 is 37.7. The maximum atomic E-state index is 12.6. The van der Waals surface area contributed by atoms with E-state index in [4.69, 9.17) is 0 Å². The summed E-state index contributed by atoms with van der Waals surface area (Å²) in [6.45, 7) is 1.58. The number of hydrogen-bond acceptors (Lipinski definition) is 2. The first-order valence-corrected chi connectivity index (χ1v) is 8.17. The van der Waals surface area contributed by atoms with Crippen molar-refractivity contribution in [3.05, 3.63) is 29.8 Å². The molecule has 0 radical (unpaired) electrons. The predicted molar refractivity (Wildman–Crippen MR) is 88.0 cm³/mol. The number of urea groups is 1. The van der Waals surface area contributed by atoms with Crippen molar-refractivity contribution in [1.29, 1.82) is 0 Å². The van der Waals surface area contributed by atoms with Gasteiger partial charge < -0.3 is 15.1 Å². The molecule has 1 aromatic carbocycles. The van der Waals surface area contributed by atoms with E-state index in [1.54, 1.807) is 0 Å². The first-order chi connectivity index (χ1) is 11.3. The van der Waals surface area contributed by atoms with E-state index in [-0.39, 0.29) is 12.1 Å². The Bertz CT molecular complexity index is 543. The number of nitrogens with zero attached hydrogens (tertiary/aromatic N) is 2. The molecule has 1 atom stereocenters. The summed E-state index contributed by atoms with van der Waals surface area (Å²) in [4.78, 5) is 16.4. The van der Waals surface area contributed by atoms with Crippen molar-refractivity contribution in [2.24, 2.45) is 0 Å². The van der Waals surface area contributed by atoms with Crippen molar-refractivity contribution in [2.45, 2.75) is 37.9 Å². The van der Waals surface area contributed by atoms with Crippen molar-refractivity contribution in [3.63, 3.8) is 0 Å². The number of carbonyl (C=O) groups excluding carboxylic acids is 1. The molecular formula is C17H24F3N3O. The van der Waals surface area contributed by atoms with Crippen LogP contribution in [0.3, 0.4) is 0 Å². The largest absolute Gasteiger partial charge is 0.416 e. The molecule has 1 aliphatic heterocycles. The van der Waals surface area contributed by atoms with Crippen LogP contribution in [0.25, 0.3) is 0 Å². The number of piperidine rings is 1. The number of benzene rings is 1. The lowest BCUT2D eigenvalue weighted by atomic mass is 9.99. The predicted octanol–water partition coefficient (Wildman–Crippen LogP) is 4.04. The fraction of sp³-hybridized carbons (Fsp3) is 0.588. The van der Waals surface area contributed by atoms with Gasteiger partial charge in [-0.15, -0.1) is 0 Å². The molecule has 0 aliphatic carbocycles. The van der Waals surface area contributed by atoms with Crippen LogP contribution in [-0.4, -0.2) is 49.1 Å². The van der Waals surface area contributed by atoms with Crippen LogP contribution < -0.4 is 5.32 Å². The Morgan fingerprint density at radius 3 is 2.50 bits per heavy atom. The number of hydrogen-bond donors (Lipinski definition) is 1. The molecule has 1 fully saturated rings. The van der Waals surface area contributed by atoms with Crippen molar-refractivity contribution < 1.29 is 18.0 Å². The van der Waals surface area contributed by atoms with E-state index in [1.165, 1.54) is 12.1 Å². The zero-order valence-electron chi connectivity index (χ0n) is 14.1. The van der Waals surface area contributed by atoms with Gasteiger partial charge in [-0.2, -0.15) is 13.2 Å². The molecule has 1 aromatic rings. The first-order valence-electron chi connectivity index (χ1n) is 8.17. The van der Waals surface area contributed by atoms with Gasteiger partial charge in [0.25, 0.3) is 0 Å². The molecule has 4 nitrogen and oxygen atoms in total. The highest BCUT2D eigenvalue weighted by molar-refractivity contribution is 5.89. The van der Waals surface area contributed by atoms with Gasteiger partial charge in [0.15, 0.2) is 0 Å². The maximum Gasteiger partial charge on any atom is 0.416 e. The molecule has 0 bridgehead atoms. The second-order valence-electron chi connectivity index (χ2n) is 6.44. The summed E-state index contributed by atoms with van der Waals surface area (Å²) in [6, 6.07) is 4.48. The third-order valence-corrected chi connectivity index (χ3v) is 4.26. The summed E-state index contributed by atoms with van der Waals surface area (Å²) >= 11 is 0. The van der Waals surface area contributed by atoms with Crippen LogP contribution in [0.4, 0.5) is 23.7 Å². The topological polar surface area (TPSA) is 35.6 Å². The smallest absolute Gasteiger partial charge is 0.322 e. The van der Waals surface area contributed by atoms with E-state index in [2.05, 4.69) is 10.2 Å². The van der Waals surface area contributed by atoms with Gasteiger partial charge in [0.05, 0.1) is 5.56 Å². The average molecular weight is 343 g/mol. The number of carbonyl (C=O) groups is 1. The Morgan fingerprint density at radius 2 is 1.92 bits per heavy atom. The minimum Gasteiger partial charge on any atom is -0.322 e. The minimum atomic E-state index is -4.37. The number of rotatable bonds is 4. The lowest BCUT2D eigenvalue weighted by molar-refractivity contribution is -0.137. The zero-order chi connectivity index (χ0) is 17.7. The number of nitrogens with one attached hydrogen (secondary N) is 1. The van der Waals surface area contributed by atoms with E-state index in [0.29, 0.717) is 12.2 Å². The number of halogens is 3. The third kappa shape index (κ3) is 5.12. The van der Waals surface area contributed by atoms with E-state index >= 15 is 0 Å². The molecule has 134 valence electrons. The van der Waals surface area contributed by atoms with Gasteiger partial charge in [0.2, 0.25) is 0 Å². The molecule has 0 unspecified atom stereocenters. The van der Waals surface area contributed by atoms with Crippen LogP contribution in [0.15, 0.2) is 24.3 Å². The van der Waals surface area contributed by atoms with E-state index in [9.17, 15) is 18.0 Å². The summed E-state index contributed by atoms with van der Waals surface area (Å²) in [6.07, 6.45) is -0.449. The second kappa shape index (κ2) is 7.88. The van der Waals surface area contributed by atoms with Crippen LogP contribution >= 0.6 is 0 Å². The molecule has 2 amide bonds. The van der Waals surface area contributed by atoms with Crippen LogP contribution in [0, 0.1) is 0 Å². The molecular weight excluding hydrogens is 319 g/mol. The van der Waals surface area contributed by atoms with Crippen LogP contribution in [0.1, 0.15) is 31.2 Å².